The highest BCUT2D eigenvalue weighted by Gasteiger charge is 2.26. The van der Waals surface area contributed by atoms with Crippen molar-refractivity contribution >= 4 is 28.5 Å². The van der Waals surface area contributed by atoms with Gasteiger partial charge in [-0.15, -0.1) is 0 Å². The molecule has 0 unspecified atom stereocenters. The number of carbonyl (C=O) groups excluding carboxylic acids is 1. The van der Waals surface area contributed by atoms with E-state index in [2.05, 4.69) is 20.3 Å². The molecule has 23 heavy (non-hydrogen) atoms. The molecule has 3 rings (SSSR count). The van der Waals surface area contributed by atoms with E-state index in [4.69, 9.17) is 5.73 Å². The number of hydrogen-bond acceptors (Lipinski definition) is 3. The van der Waals surface area contributed by atoms with Crippen molar-refractivity contribution in [3.63, 3.8) is 0 Å². The fourth-order valence-electron chi connectivity index (χ4n) is 3.18. The number of aromatic amines is 1. The Kier molecular flexibility index (Phi) is 4.60. The molecule has 2 heterocycles. The summed E-state index contributed by atoms with van der Waals surface area (Å²) in [4.78, 5) is 24.1. The van der Waals surface area contributed by atoms with E-state index < -0.39 is 0 Å². The Balaban J connectivity index is 1.58. The standard InChI is InChI=1S/C17H23N5O/c1-11(18)21-10-12-2-4-13(5-3-12)17(23)22-15-7-9-20-16-14(15)6-8-19-16/h6-9,12-13H,2-5,10H2,1H3,(H2,18,21)(H2,19,20,22,23)/t12-,13-. The maximum Gasteiger partial charge on any atom is 0.227 e. The van der Waals surface area contributed by atoms with Gasteiger partial charge in [0.1, 0.15) is 5.65 Å². The van der Waals surface area contributed by atoms with Gasteiger partial charge >= 0.3 is 0 Å². The smallest absolute Gasteiger partial charge is 0.227 e. The third-order valence-electron chi connectivity index (χ3n) is 4.53. The lowest BCUT2D eigenvalue weighted by Gasteiger charge is -2.26. The number of rotatable bonds is 4. The van der Waals surface area contributed by atoms with Crippen molar-refractivity contribution < 1.29 is 4.79 Å². The zero-order chi connectivity index (χ0) is 16.2. The average Bonchev–Trinajstić information content (AvgIpc) is 3.03. The van der Waals surface area contributed by atoms with E-state index in [1.54, 1.807) is 6.20 Å². The number of aliphatic imine (C=N–C) groups is 1. The highest BCUT2D eigenvalue weighted by Crippen LogP contribution is 2.30. The first-order valence-electron chi connectivity index (χ1n) is 8.13. The quantitative estimate of drug-likeness (QED) is 0.598. The predicted molar refractivity (Wildman–Crippen MR) is 92.3 cm³/mol. The maximum atomic E-state index is 12.5. The topological polar surface area (TPSA) is 96.2 Å². The van der Waals surface area contributed by atoms with Crippen molar-refractivity contribution in [2.24, 2.45) is 22.6 Å². The minimum atomic E-state index is 0.0800. The zero-order valence-corrected chi connectivity index (χ0v) is 13.4. The second-order valence-electron chi connectivity index (χ2n) is 6.29. The minimum absolute atomic E-state index is 0.0800. The summed E-state index contributed by atoms with van der Waals surface area (Å²) in [6.45, 7) is 2.60. The molecule has 1 amide bonds. The molecular weight excluding hydrogens is 290 g/mol. The summed E-state index contributed by atoms with van der Waals surface area (Å²) < 4.78 is 0. The summed E-state index contributed by atoms with van der Waals surface area (Å²) in [6.07, 6.45) is 7.43. The second-order valence-corrected chi connectivity index (χ2v) is 6.29. The Hall–Kier alpha value is -2.37. The molecule has 1 saturated carbocycles. The van der Waals surface area contributed by atoms with Crippen LogP contribution in [0.1, 0.15) is 32.6 Å². The summed E-state index contributed by atoms with van der Waals surface area (Å²) >= 11 is 0. The monoisotopic (exact) mass is 313 g/mol. The van der Waals surface area contributed by atoms with Crippen molar-refractivity contribution in [1.82, 2.24) is 9.97 Å². The van der Waals surface area contributed by atoms with Crippen molar-refractivity contribution in [1.29, 1.82) is 0 Å². The van der Waals surface area contributed by atoms with Crippen LogP contribution < -0.4 is 11.1 Å². The second kappa shape index (κ2) is 6.81. The highest BCUT2D eigenvalue weighted by atomic mass is 16.1. The number of fused-ring (bicyclic) bond motifs is 1. The molecular formula is C17H23N5O. The zero-order valence-electron chi connectivity index (χ0n) is 13.4. The molecule has 2 aromatic rings. The number of pyridine rings is 1. The van der Waals surface area contributed by atoms with Crippen LogP contribution >= 0.6 is 0 Å². The van der Waals surface area contributed by atoms with E-state index >= 15 is 0 Å². The average molecular weight is 313 g/mol. The molecule has 6 nitrogen and oxygen atoms in total. The van der Waals surface area contributed by atoms with Crippen LogP contribution in [0.25, 0.3) is 11.0 Å². The van der Waals surface area contributed by atoms with Crippen molar-refractivity contribution in [3.05, 3.63) is 24.5 Å². The lowest BCUT2D eigenvalue weighted by molar-refractivity contribution is -0.121. The molecule has 0 atom stereocenters. The maximum absolute atomic E-state index is 12.5. The minimum Gasteiger partial charge on any atom is -0.388 e. The van der Waals surface area contributed by atoms with Crippen LogP contribution in [0, 0.1) is 11.8 Å². The van der Waals surface area contributed by atoms with Crippen LogP contribution in [-0.4, -0.2) is 28.3 Å². The van der Waals surface area contributed by atoms with Crippen molar-refractivity contribution in [2.45, 2.75) is 32.6 Å². The Morgan fingerprint density at radius 1 is 1.39 bits per heavy atom. The molecule has 0 saturated heterocycles. The summed E-state index contributed by atoms with van der Waals surface area (Å²) in [6, 6.07) is 3.78. The number of amidine groups is 1. The Bertz CT molecular complexity index is 709. The number of nitrogens with two attached hydrogens (primary N) is 1. The fraction of sp³-hybridized carbons (Fsp3) is 0.471. The lowest BCUT2D eigenvalue weighted by atomic mass is 9.81. The fourth-order valence-corrected chi connectivity index (χ4v) is 3.18. The number of nitrogens with one attached hydrogen (secondary N) is 2. The Morgan fingerprint density at radius 3 is 2.91 bits per heavy atom. The molecule has 1 aliphatic rings. The molecule has 1 fully saturated rings. The number of anilines is 1. The van der Waals surface area contributed by atoms with Gasteiger partial charge in [0.05, 0.1) is 11.5 Å². The van der Waals surface area contributed by atoms with Crippen LogP contribution in [0.2, 0.25) is 0 Å². The summed E-state index contributed by atoms with van der Waals surface area (Å²) in [7, 11) is 0. The van der Waals surface area contributed by atoms with Crippen LogP contribution in [0.4, 0.5) is 5.69 Å². The Labute approximate surface area is 135 Å². The first kappa shape index (κ1) is 15.5. The first-order chi connectivity index (χ1) is 11.1. The molecule has 6 heteroatoms. The molecule has 122 valence electrons. The third kappa shape index (κ3) is 3.70. The number of H-pyrrole nitrogens is 1. The van der Waals surface area contributed by atoms with Gasteiger partial charge in [0.25, 0.3) is 0 Å². The molecule has 0 radical (unpaired) electrons. The molecule has 2 aromatic heterocycles. The van der Waals surface area contributed by atoms with E-state index in [9.17, 15) is 4.79 Å². The number of amides is 1. The van der Waals surface area contributed by atoms with Gasteiger partial charge < -0.3 is 16.0 Å². The van der Waals surface area contributed by atoms with Gasteiger partial charge in [-0.25, -0.2) is 4.98 Å². The number of carbonyl (C=O) groups is 1. The summed E-state index contributed by atoms with van der Waals surface area (Å²) in [5.74, 6) is 1.37. The first-order valence-corrected chi connectivity index (χ1v) is 8.13. The van der Waals surface area contributed by atoms with Gasteiger partial charge in [-0.05, 0) is 50.7 Å². The third-order valence-corrected chi connectivity index (χ3v) is 4.53. The van der Waals surface area contributed by atoms with Crippen LogP contribution in [0.15, 0.2) is 29.5 Å². The van der Waals surface area contributed by atoms with Crippen LogP contribution in [0.5, 0.6) is 0 Å². The number of hydrogen-bond donors (Lipinski definition) is 3. The molecule has 0 aromatic carbocycles. The predicted octanol–water partition coefficient (Wildman–Crippen LogP) is 2.68. The molecule has 0 spiro atoms. The van der Waals surface area contributed by atoms with Gasteiger partial charge in [0.15, 0.2) is 0 Å². The number of aromatic nitrogens is 2. The van der Waals surface area contributed by atoms with Gasteiger partial charge in [-0.2, -0.15) is 0 Å². The van der Waals surface area contributed by atoms with E-state index in [-0.39, 0.29) is 11.8 Å². The van der Waals surface area contributed by atoms with E-state index in [0.29, 0.717) is 11.8 Å². The van der Waals surface area contributed by atoms with E-state index in [0.717, 1.165) is 48.9 Å². The molecule has 1 aliphatic carbocycles. The van der Waals surface area contributed by atoms with Crippen LogP contribution in [-0.2, 0) is 4.79 Å². The van der Waals surface area contributed by atoms with Crippen molar-refractivity contribution in [3.8, 4) is 0 Å². The van der Waals surface area contributed by atoms with Crippen molar-refractivity contribution in [2.75, 3.05) is 11.9 Å². The largest absolute Gasteiger partial charge is 0.388 e. The normalized spacial score (nSPS) is 22.2. The van der Waals surface area contributed by atoms with Crippen LogP contribution in [0.3, 0.4) is 0 Å². The molecule has 4 N–H and O–H groups in total. The SMILES string of the molecule is CC(N)=NC[C@H]1CC[C@H](C(=O)Nc2ccnc3[nH]ccc23)CC1. The summed E-state index contributed by atoms with van der Waals surface area (Å²) in [5, 5.41) is 4.01. The van der Waals surface area contributed by atoms with E-state index in [1.807, 2.05) is 25.3 Å². The van der Waals surface area contributed by atoms with Gasteiger partial charge in [0, 0.05) is 30.2 Å². The molecule has 0 bridgehead atoms. The van der Waals surface area contributed by atoms with Gasteiger partial charge in [0.2, 0.25) is 5.91 Å². The Morgan fingerprint density at radius 2 is 2.17 bits per heavy atom. The van der Waals surface area contributed by atoms with E-state index in [1.165, 1.54) is 0 Å². The van der Waals surface area contributed by atoms with Gasteiger partial charge in [-0.1, -0.05) is 0 Å². The number of nitrogens with zero attached hydrogens (tertiary/aromatic N) is 2. The lowest BCUT2D eigenvalue weighted by Crippen LogP contribution is -2.28. The summed E-state index contributed by atoms with van der Waals surface area (Å²) in [5.41, 5.74) is 7.20. The molecule has 0 aliphatic heterocycles. The van der Waals surface area contributed by atoms with Gasteiger partial charge in [-0.3, -0.25) is 9.79 Å². The highest BCUT2D eigenvalue weighted by molar-refractivity contribution is 6.00.